The topological polar surface area (TPSA) is 53.2 Å². The molecule has 0 saturated heterocycles. The molecule has 0 aliphatic rings. The summed E-state index contributed by atoms with van der Waals surface area (Å²) in [4.78, 5) is 0. The molecular weight excluding hydrogens is 306 g/mol. The van der Waals surface area contributed by atoms with Crippen LogP contribution < -0.4 is 4.74 Å². The van der Waals surface area contributed by atoms with E-state index in [1.807, 2.05) is 12.1 Å². The van der Waals surface area contributed by atoms with Gasteiger partial charge in [0.1, 0.15) is 11.5 Å². The maximum Gasteiger partial charge on any atom is 0.141 e. The third kappa shape index (κ3) is 3.34. The number of aliphatic hydroxyl groups excluding tert-OH is 1. The van der Waals surface area contributed by atoms with Crippen molar-refractivity contribution in [3.8, 4) is 17.6 Å². The van der Waals surface area contributed by atoms with Crippen molar-refractivity contribution >= 4 is 15.9 Å². The lowest BCUT2D eigenvalue weighted by Crippen LogP contribution is -1.92. The van der Waals surface area contributed by atoms with Crippen LogP contribution in [0.4, 0.5) is 0 Å². The van der Waals surface area contributed by atoms with Gasteiger partial charge in [-0.2, -0.15) is 5.26 Å². The lowest BCUT2D eigenvalue weighted by molar-refractivity contribution is 0.199. The van der Waals surface area contributed by atoms with Crippen LogP contribution in [0.2, 0.25) is 0 Å². The van der Waals surface area contributed by atoms with Crippen molar-refractivity contribution in [3.05, 3.63) is 58.1 Å². The van der Waals surface area contributed by atoms with Gasteiger partial charge in [-0.25, -0.2) is 0 Å². The third-order valence-electron chi connectivity index (χ3n) is 2.65. The van der Waals surface area contributed by atoms with E-state index in [-0.39, 0.29) is 0 Å². The first kappa shape index (κ1) is 13.6. The van der Waals surface area contributed by atoms with E-state index in [1.54, 1.807) is 37.3 Å². The lowest BCUT2D eigenvalue weighted by Gasteiger charge is -2.10. The number of halogens is 1. The smallest absolute Gasteiger partial charge is 0.141 e. The van der Waals surface area contributed by atoms with Crippen molar-refractivity contribution < 1.29 is 9.84 Å². The van der Waals surface area contributed by atoms with Crippen molar-refractivity contribution in [2.75, 3.05) is 0 Å². The zero-order valence-electron chi connectivity index (χ0n) is 10.3. The van der Waals surface area contributed by atoms with E-state index < -0.39 is 6.10 Å². The highest BCUT2D eigenvalue weighted by Crippen LogP contribution is 2.32. The Morgan fingerprint density at radius 1 is 1.21 bits per heavy atom. The summed E-state index contributed by atoms with van der Waals surface area (Å²) in [7, 11) is 0. The normalized spacial score (nSPS) is 11.7. The number of rotatable bonds is 3. The molecule has 0 heterocycles. The molecule has 1 N–H and O–H groups in total. The van der Waals surface area contributed by atoms with Gasteiger partial charge in [-0.15, -0.1) is 0 Å². The van der Waals surface area contributed by atoms with Crippen molar-refractivity contribution in [1.29, 1.82) is 5.26 Å². The van der Waals surface area contributed by atoms with Gasteiger partial charge in [0.05, 0.1) is 22.2 Å². The molecule has 0 amide bonds. The molecule has 0 radical (unpaired) electrons. The summed E-state index contributed by atoms with van der Waals surface area (Å²) in [6, 6.07) is 14.4. The maximum absolute atomic E-state index is 9.49. The van der Waals surface area contributed by atoms with Gasteiger partial charge in [-0.05, 0) is 64.8 Å². The molecule has 0 saturated carbocycles. The second-order valence-electron chi connectivity index (χ2n) is 4.10. The largest absolute Gasteiger partial charge is 0.456 e. The van der Waals surface area contributed by atoms with Crippen molar-refractivity contribution in [2.45, 2.75) is 13.0 Å². The molecule has 96 valence electrons. The molecule has 19 heavy (non-hydrogen) atoms. The Labute approximate surface area is 120 Å². The number of ether oxygens (including phenoxy) is 1. The second-order valence-corrected chi connectivity index (χ2v) is 4.96. The molecule has 2 rings (SSSR count). The van der Waals surface area contributed by atoms with Crippen molar-refractivity contribution in [3.63, 3.8) is 0 Å². The molecule has 4 heteroatoms. The minimum Gasteiger partial charge on any atom is -0.456 e. The van der Waals surface area contributed by atoms with Gasteiger partial charge in [-0.1, -0.05) is 6.07 Å². The van der Waals surface area contributed by atoms with Gasteiger partial charge in [0.2, 0.25) is 0 Å². The van der Waals surface area contributed by atoms with Crippen LogP contribution in [0.1, 0.15) is 24.2 Å². The van der Waals surface area contributed by atoms with Gasteiger partial charge in [0, 0.05) is 0 Å². The molecular formula is C15H12BrNO2. The van der Waals surface area contributed by atoms with Gasteiger partial charge in [0.25, 0.3) is 0 Å². The molecule has 0 bridgehead atoms. The van der Waals surface area contributed by atoms with Crippen LogP contribution in [-0.2, 0) is 0 Å². The average molecular weight is 318 g/mol. The van der Waals surface area contributed by atoms with E-state index in [9.17, 15) is 5.11 Å². The maximum atomic E-state index is 9.49. The highest BCUT2D eigenvalue weighted by molar-refractivity contribution is 9.10. The zero-order chi connectivity index (χ0) is 13.8. The molecule has 0 fully saturated rings. The van der Waals surface area contributed by atoms with E-state index >= 15 is 0 Å². The lowest BCUT2D eigenvalue weighted by atomic mass is 10.1. The Bertz CT molecular complexity index is 615. The highest BCUT2D eigenvalue weighted by Gasteiger charge is 2.07. The van der Waals surface area contributed by atoms with Crippen LogP contribution in [0.15, 0.2) is 46.9 Å². The Morgan fingerprint density at radius 2 is 1.89 bits per heavy atom. The highest BCUT2D eigenvalue weighted by atomic mass is 79.9. The summed E-state index contributed by atoms with van der Waals surface area (Å²) in [6.45, 7) is 1.71. The van der Waals surface area contributed by atoms with Gasteiger partial charge >= 0.3 is 0 Å². The molecule has 0 aliphatic heterocycles. The standard InChI is InChI=1S/C15H12BrNO2/c1-10(18)12-4-7-15(14(16)8-12)19-13-5-2-11(9-17)3-6-13/h2-8,10,18H,1H3/t10-/m0/s1. The third-order valence-corrected chi connectivity index (χ3v) is 3.27. The Morgan fingerprint density at radius 3 is 2.42 bits per heavy atom. The van der Waals surface area contributed by atoms with Crippen LogP contribution in [0, 0.1) is 11.3 Å². The predicted molar refractivity (Wildman–Crippen MR) is 76.0 cm³/mol. The average Bonchev–Trinajstić information content (AvgIpc) is 2.41. The first-order valence-electron chi connectivity index (χ1n) is 5.75. The molecule has 0 aromatic heterocycles. The van der Waals surface area contributed by atoms with Crippen molar-refractivity contribution in [1.82, 2.24) is 0 Å². The minimum atomic E-state index is -0.514. The number of aliphatic hydroxyl groups is 1. The fraction of sp³-hybridized carbons (Fsp3) is 0.133. The first-order chi connectivity index (χ1) is 9.10. The van der Waals surface area contributed by atoms with Crippen LogP contribution in [0.5, 0.6) is 11.5 Å². The van der Waals surface area contributed by atoms with E-state index in [1.165, 1.54) is 0 Å². The van der Waals surface area contributed by atoms with Gasteiger partial charge in [-0.3, -0.25) is 0 Å². The Balaban J connectivity index is 2.21. The Hall–Kier alpha value is -1.83. The summed E-state index contributed by atoms with van der Waals surface area (Å²) in [5.74, 6) is 1.32. The predicted octanol–water partition coefficient (Wildman–Crippen LogP) is 4.17. The van der Waals surface area contributed by atoms with Crippen LogP contribution in [0.3, 0.4) is 0 Å². The molecule has 0 aliphatic carbocycles. The van der Waals surface area contributed by atoms with E-state index in [2.05, 4.69) is 22.0 Å². The summed E-state index contributed by atoms with van der Waals surface area (Å²) >= 11 is 3.41. The van der Waals surface area contributed by atoms with Crippen LogP contribution in [0.25, 0.3) is 0 Å². The second kappa shape index (κ2) is 5.87. The van der Waals surface area contributed by atoms with Crippen LogP contribution >= 0.6 is 15.9 Å². The van der Waals surface area contributed by atoms with Crippen molar-refractivity contribution in [2.24, 2.45) is 0 Å². The van der Waals surface area contributed by atoms with Gasteiger partial charge < -0.3 is 9.84 Å². The van der Waals surface area contributed by atoms with E-state index in [0.29, 0.717) is 17.1 Å². The summed E-state index contributed by atoms with van der Waals surface area (Å²) in [5, 5.41) is 18.2. The van der Waals surface area contributed by atoms with Crippen LogP contribution in [-0.4, -0.2) is 5.11 Å². The SMILES string of the molecule is C[C@H](O)c1ccc(Oc2ccc(C#N)cc2)c(Br)c1. The van der Waals surface area contributed by atoms with E-state index in [4.69, 9.17) is 10.00 Å². The van der Waals surface area contributed by atoms with Gasteiger partial charge in [0.15, 0.2) is 0 Å². The molecule has 0 spiro atoms. The molecule has 2 aromatic carbocycles. The monoisotopic (exact) mass is 317 g/mol. The number of nitrogens with zero attached hydrogens (tertiary/aromatic N) is 1. The number of nitriles is 1. The minimum absolute atomic E-state index is 0.514. The Kier molecular flexibility index (Phi) is 4.20. The zero-order valence-corrected chi connectivity index (χ0v) is 11.9. The fourth-order valence-electron chi connectivity index (χ4n) is 1.58. The fourth-order valence-corrected chi connectivity index (χ4v) is 2.06. The molecule has 2 aromatic rings. The number of hydrogen-bond donors (Lipinski definition) is 1. The molecule has 3 nitrogen and oxygen atoms in total. The molecule has 0 unspecified atom stereocenters. The number of benzene rings is 2. The number of hydrogen-bond acceptors (Lipinski definition) is 3. The summed E-state index contributed by atoms with van der Waals surface area (Å²) < 4.78 is 6.48. The quantitative estimate of drug-likeness (QED) is 0.924. The summed E-state index contributed by atoms with van der Waals surface area (Å²) in [5.41, 5.74) is 1.41. The summed E-state index contributed by atoms with van der Waals surface area (Å²) in [6.07, 6.45) is -0.514. The van der Waals surface area contributed by atoms with E-state index in [0.717, 1.165) is 10.0 Å². The first-order valence-corrected chi connectivity index (χ1v) is 6.55. The molecule has 1 atom stereocenters.